The van der Waals surface area contributed by atoms with Crippen LogP contribution < -0.4 is 9.46 Å². The first kappa shape index (κ1) is 29.1. The summed E-state index contributed by atoms with van der Waals surface area (Å²) in [6.45, 7) is 1.85. The van der Waals surface area contributed by atoms with E-state index in [1.807, 2.05) is 0 Å². The van der Waals surface area contributed by atoms with Gasteiger partial charge in [0.2, 0.25) is 5.91 Å². The second kappa shape index (κ2) is 11.3. The molecule has 2 aromatic rings. The molecule has 2 aliphatic rings. The van der Waals surface area contributed by atoms with E-state index in [1.165, 1.54) is 38.4 Å². The van der Waals surface area contributed by atoms with Gasteiger partial charge in [-0.05, 0) is 48.7 Å². The molecule has 0 aliphatic carbocycles. The van der Waals surface area contributed by atoms with Crippen LogP contribution in [0.3, 0.4) is 0 Å². The molecule has 8 nitrogen and oxygen atoms in total. The minimum absolute atomic E-state index is 0.0419. The van der Waals surface area contributed by atoms with Crippen molar-refractivity contribution in [3.8, 4) is 5.75 Å². The number of halogens is 5. The second-order valence-electron chi connectivity index (χ2n) is 9.59. The smallest absolute Gasteiger partial charge is 0.404 e. The van der Waals surface area contributed by atoms with Gasteiger partial charge >= 0.3 is 16.6 Å². The second-order valence-corrected chi connectivity index (χ2v) is 11.9. The Morgan fingerprint density at radius 1 is 1.15 bits per heavy atom. The van der Waals surface area contributed by atoms with Crippen molar-refractivity contribution < 1.29 is 35.5 Å². The number of hydrogen-bond acceptors (Lipinski definition) is 5. The predicted octanol–water partition coefficient (Wildman–Crippen LogP) is 4.48. The summed E-state index contributed by atoms with van der Waals surface area (Å²) in [5, 5.41) is -0.470. The molecule has 2 unspecified atom stereocenters. The van der Waals surface area contributed by atoms with Crippen molar-refractivity contribution in [1.82, 2.24) is 14.1 Å². The molecule has 2 saturated heterocycles. The third kappa shape index (κ3) is 7.21. The zero-order valence-corrected chi connectivity index (χ0v) is 22.7. The number of piperazine rings is 1. The first-order valence-corrected chi connectivity index (χ1v) is 13.8. The molecule has 2 atom stereocenters. The van der Waals surface area contributed by atoms with Crippen molar-refractivity contribution in [3.63, 3.8) is 0 Å². The van der Waals surface area contributed by atoms with E-state index in [4.69, 9.17) is 11.6 Å². The fourth-order valence-electron chi connectivity index (χ4n) is 4.80. The van der Waals surface area contributed by atoms with Crippen LogP contribution in [-0.4, -0.2) is 74.1 Å². The highest BCUT2D eigenvalue weighted by Crippen LogP contribution is 2.36. The maximum atomic E-state index is 13.2. The molecule has 212 valence electrons. The Labute approximate surface area is 228 Å². The van der Waals surface area contributed by atoms with E-state index in [-0.39, 0.29) is 35.1 Å². The van der Waals surface area contributed by atoms with Gasteiger partial charge in [-0.25, -0.2) is 4.39 Å². The highest BCUT2D eigenvalue weighted by atomic mass is 35.5. The molecule has 0 saturated carbocycles. The molecule has 2 aromatic carbocycles. The molecule has 0 spiro atoms. The van der Waals surface area contributed by atoms with Crippen LogP contribution >= 0.6 is 11.6 Å². The van der Waals surface area contributed by atoms with Gasteiger partial charge in [-0.15, -0.1) is 13.2 Å². The van der Waals surface area contributed by atoms with Crippen molar-refractivity contribution in [3.05, 3.63) is 64.4 Å². The number of nitrogens with zero attached hydrogens (tertiary/aromatic N) is 3. The number of nitrogens with one attached hydrogen (secondary N) is 1. The number of benzene rings is 2. The number of rotatable bonds is 8. The summed E-state index contributed by atoms with van der Waals surface area (Å²) in [6, 6.07) is 8.04. The largest absolute Gasteiger partial charge is 0.573 e. The van der Waals surface area contributed by atoms with Crippen molar-refractivity contribution in [1.29, 1.82) is 0 Å². The van der Waals surface area contributed by atoms with Crippen molar-refractivity contribution >= 4 is 39.5 Å². The lowest BCUT2D eigenvalue weighted by molar-refractivity contribution is -0.274. The molecule has 1 N–H and O–H groups in total. The van der Waals surface area contributed by atoms with Gasteiger partial charge in [0.05, 0.1) is 10.7 Å². The van der Waals surface area contributed by atoms with E-state index in [9.17, 15) is 30.8 Å². The lowest BCUT2D eigenvalue weighted by atomic mass is 10.1. The molecule has 1 amide bonds. The Balaban J connectivity index is 1.53. The highest BCUT2D eigenvalue weighted by molar-refractivity contribution is 7.90. The molecule has 2 aliphatic heterocycles. The monoisotopic (exact) mass is 590 g/mol. The summed E-state index contributed by atoms with van der Waals surface area (Å²) in [5.74, 6) is -1.39. The van der Waals surface area contributed by atoms with Crippen LogP contribution in [0.1, 0.15) is 24.0 Å². The fourth-order valence-corrected chi connectivity index (χ4v) is 5.64. The first-order chi connectivity index (χ1) is 18.2. The third-order valence-corrected chi connectivity index (χ3v) is 8.32. The number of alkyl halides is 3. The van der Waals surface area contributed by atoms with Crippen LogP contribution in [0.25, 0.3) is 6.08 Å². The van der Waals surface area contributed by atoms with Crippen LogP contribution in [0.2, 0.25) is 5.02 Å². The van der Waals surface area contributed by atoms with Crippen LogP contribution in [0, 0.1) is 5.82 Å². The van der Waals surface area contributed by atoms with E-state index in [2.05, 4.69) is 14.4 Å². The van der Waals surface area contributed by atoms with Gasteiger partial charge in [0, 0.05) is 57.5 Å². The molecule has 2 heterocycles. The molecule has 0 radical (unpaired) electrons. The maximum Gasteiger partial charge on any atom is 0.573 e. The molecule has 2 fully saturated rings. The van der Waals surface area contributed by atoms with E-state index in [0.717, 1.165) is 34.8 Å². The third-order valence-electron chi connectivity index (χ3n) is 6.59. The average molecular weight is 591 g/mol. The molecule has 2 bridgehead atoms. The molecular weight excluding hydrogens is 564 g/mol. The Kier molecular flexibility index (Phi) is 8.45. The van der Waals surface area contributed by atoms with Crippen LogP contribution in [0.5, 0.6) is 5.75 Å². The topological polar surface area (TPSA) is 82.2 Å². The van der Waals surface area contributed by atoms with Crippen molar-refractivity contribution in [2.75, 3.05) is 31.9 Å². The Morgan fingerprint density at radius 2 is 1.77 bits per heavy atom. The normalized spacial score (nSPS) is 20.2. The van der Waals surface area contributed by atoms with Crippen molar-refractivity contribution in [2.45, 2.75) is 37.8 Å². The van der Waals surface area contributed by atoms with Gasteiger partial charge in [-0.3, -0.25) is 14.4 Å². The summed E-state index contributed by atoms with van der Waals surface area (Å²) in [6.07, 6.45) is -1.00. The summed E-state index contributed by atoms with van der Waals surface area (Å²) < 4.78 is 83.7. The van der Waals surface area contributed by atoms with E-state index >= 15 is 0 Å². The summed E-state index contributed by atoms with van der Waals surface area (Å²) in [5.41, 5.74) is 0.793. The highest BCUT2D eigenvalue weighted by Gasteiger charge is 2.41. The number of amides is 1. The number of carbonyl (C=O) groups is 1. The first-order valence-electron chi connectivity index (χ1n) is 12.0. The maximum absolute atomic E-state index is 13.2. The number of ether oxygens (including phenoxy) is 1. The average Bonchev–Trinajstić information content (AvgIpc) is 3.10. The molecule has 4 rings (SSSR count). The number of hydrogen-bond donors (Lipinski definition) is 1. The minimum Gasteiger partial charge on any atom is -0.404 e. The number of likely N-dealkylation sites (tertiary alicyclic amines) is 1. The molecule has 0 aromatic heterocycles. The van der Waals surface area contributed by atoms with E-state index in [0.29, 0.717) is 19.6 Å². The zero-order valence-electron chi connectivity index (χ0n) is 21.1. The van der Waals surface area contributed by atoms with Gasteiger partial charge in [-0.2, -0.15) is 12.7 Å². The van der Waals surface area contributed by atoms with E-state index in [1.54, 1.807) is 17.0 Å². The lowest BCUT2D eigenvalue weighted by Crippen LogP contribution is -2.55. The van der Waals surface area contributed by atoms with Gasteiger partial charge in [0.25, 0.3) is 0 Å². The Hall–Kier alpha value is -2.87. The predicted molar refractivity (Wildman–Crippen MR) is 139 cm³/mol. The zero-order chi connectivity index (χ0) is 28.5. The fraction of sp³-hybridized carbons (Fsp3) is 0.400. The quantitative estimate of drug-likeness (QED) is 0.362. The number of anilines is 1. The van der Waals surface area contributed by atoms with Gasteiger partial charge < -0.3 is 9.64 Å². The lowest BCUT2D eigenvalue weighted by Gasteiger charge is -2.40. The summed E-state index contributed by atoms with van der Waals surface area (Å²) in [7, 11) is -1.49. The van der Waals surface area contributed by atoms with Crippen LogP contribution in [-0.2, 0) is 21.5 Å². The van der Waals surface area contributed by atoms with Crippen LogP contribution in [0.15, 0.2) is 42.5 Å². The molecule has 14 heteroatoms. The van der Waals surface area contributed by atoms with Gasteiger partial charge in [0.15, 0.2) is 0 Å². The minimum atomic E-state index is -5.03. The molecular formula is C25H27ClF4N4O4S. The van der Waals surface area contributed by atoms with Gasteiger partial charge in [-0.1, -0.05) is 23.7 Å². The molecule has 39 heavy (non-hydrogen) atoms. The SMILES string of the molecule is CN(C)S(=O)(=O)Nc1cc(Cl)c(OC(F)(F)F)cc1/C=C/C(=O)N1C2CCC1CN(Cc1ccc(F)cc1)C2. The standard InChI is InChI=1S/C25H27ClF4N4O4S/c1-32(2)39(36,37)31-22-12-21(26)23(38-25(28,29)30)11-17(22)5-10-24(35)34-19-8-9-20(34)15-33(14-19)13-16-3-6-18(27)7-4-16/h3-7,10-12,19-20,31H,8-9,13-15H2,1-2H3/b10-5+. The Morgan fingerprint density at radius 3 is 2.33 bits per heavy atom. The number of fused-ring (bicyclic) bond motifs is 2. The number of carbonyl (C=O) groups excluding carboxylic acids is 1. The van der Waals surface area contributed by atoms with E-state index < -0.39 is 27.3 Å². The Bertz CT molecular complexity index is 1340. The van der Waals surface area contributed by atoms with Crippen molar-refractivity contribution in [2.24, 2.45) is 0 Å². The van der Waals surface area contributed by atoms with Crippen LogP contribution in [0.4, 0.5) is 23.2 Å². The van der Waals surface area contributed by atoms with Gasteiger partial charge in [0.1, 0.15) is 11.6 Å². The summed E-state index contributed by atoms with van der Waals surface area (Å²) >= 11 is 5.93. The summed E-state index contributed by atoms with van der Waals surface area (Å²) in [4.78, 5) is 17.2.